The van der Waals surface area contributed by atoms with E-state index >= 15 is 0 Å². The topological polar surface area (TPSA) is 79.5 Å². The number of nitrogens with one attached hydrogen (secondary N) is 3. The molecule has 0 bridgehead atoms. The first kappa shape index (κ1) is 22.1. The van der Waals surface area contributed by atoms with E-state index in [1.54, 1.807) is 48.5 Å². The van der Waals surface area contributed by atoms with Gasteiger partial charge >= 0.3 is 0 Å². The Bertz CT molecular complexity index is 1000. The van der Waals surface area contributed by atoms with Gasteiger partial charge in [0, 0.05) is 11.7 Å². The van der Waals surface area contributed by atoms with Crippen molar-refractivity contribution in [2.45, 2.75) is 19.9 Å². The number of amides is 2. The zero-order valence-electron chi connectivity index (χ0n) is 17.7. The van der Waals surface area contributed by atoms with Crippen molar-refractivity contribution in [3.05, 3.63) is 90.0 Å². The lowest BCUT2D eigenvalue weighted by atomic mass is 10.1. The molecule has 1 atom stereocenters. The molecule has 0 aliphatic heterocycles. The van der Waals surface area contributed by atoms with Crippen molar-refractivity contribution < 1.29 is 14.3 Å². The Morgan fingerprint density at radius 1 is 0.871 bits per heavy atom. The van der Waals surface area contributed by atoms with Gasteiger partial charge < -0.3 is 20.7 Å². The molecule has 2 amide bonds. The van der Waals surface area contributed by atoms with Crippen molar-refractivity contribution in [3.63, 3.8) is 0 Å². The zero-order valence-corrected chi connectivity index (χ0v) is 17.7. The van der Waals surface area contributed by atoms with Crippen molar-refractivity contribution >= 4 is 23.2 Å². The van der Waals surface area contributed by atoms with E-state index in [0.29, 0.717) is 23.5 Å². The SMILES string of the molecule is CCOc1ccc(NC(=O)c2ccccc2NC(=O)CNC(C)c2ccccc2)cc1. The summed E-state index contributed by atoms with van der Waals surface area (Å²) in [5.41, 5.74) is 2.60. The second-order valence-corrected chi connectivity index (χ2v) is 7.02. The van der Waals surface area contributed by atoms with Crippen LogP contribution in [0.2, 0.25) is 0 Å². The van der Waals surface area contributed by atoms with Gasteiger partial charge in [-0.1, -0.05) is 42.5 Å². The number of benzene rings is 3. The second kappa shape index (κ2) is 10.9. The monoisotopic (exact) mass is 417 g/mol. The Kier molecular flexibility index (Phi) is 7.79. The van der Waals surface area contributed by atoms with Gasteiger partial charge in [-0.05, 0) is 55.8 Å². The van der Waals surface area contributed by atoms with Crippen LogP contribution < -0.4 is 20.7 Å². The smallest absolute Gasteiger partial charge is 0.257 e. The van der Waals surface area contributed by atoms with Gasteiger partial charge in [-0.25, -0.2) is 0 Å². The third-order valence-corrected chi connectivity index (χ3v) is 4.74. The van der Waals surface area contributed by atoms with E-state index in [0.717, 1.165) is 11.3 Å². The number of ether oxygens (including phenoxy) is 1. The van der Waals surface area contributed by atoms with Crippen LogP contribution in [0.25, 0.3) is 0 Å². The van der Waals surface area contributed by atoms with Crippen LogP contribution in [0.3, 0.4) is 0 Å². The van der Waals surface area contributed by atoms with Crippen molar-refractivity contribution in [1.82, 2.24) is 5.32 Å². The Hall–Kier alpha value is -3.64. The van der Waals surface area contributed by atoms with Crippen molar-refractivity contribution in [3.8, 4) is 5.75 Å². The fraction of sp³-hybridized carbons (Fsp3) is 0.200. The summed E-state index contributed by atoms with van der Waals surface area (Å²) < 4.78 is 5.42. The van der Waals surface area contributed by atoms with Crippen LogP contribution in [0.15, 0.2) is 78.9 Å². The third-order valence-electron chi connectivity index (χ3n) is 4.74. The molecule has 0 spiro atoms. The molecule has 3 aromatic carbocycles. The van der Waals surface area contributed by atoms with Gasteiger partial charge in [-0.15, -0.1) is 0 Å². The molecule has 3 aromatic rings. The van der Waals surface area contributed by atoms with Crippen LogP contribution in [0.1, 0.15) is 35.8 Å². The lowest BCUT2D eigenvalue weighted by Gasteiger charge is -2.15. The van der Waals surface area contributed by atoms with E-state index in [9.17, 15) is 9.59 Å². The summed E-state index contributed by atoms with van der Waals surface area (Å²) in [6, 6.07) is 24.0. The maximum absolute atomic E-state index is 12.8. The lowest BCUT2D eigenvalue weighted by molar-refractivity contribution is -0.115. The standard InChI is InChI=1S/C25H27N3O3/c1-3-31-21-15-13-20(14-16-21)27-25(30)22-11-7-8-12-23(22)28-24(29)17-26-18(2)19-9-5-4-6-10-19/h4-16,18,26H,3,17H2,1-2H3,(H,27,30)(H,28,29). The van der Waals surface area contributed by atoms with Gasteiger partial charge in [0.15, 0.2) is 0 Å². The average molecular weight is 418 g/mol. The molecule has 31 heavy (non-hydrogen) atoms. The van der Waals surface area contributed by atoms with E-state index in [4.69, 9.17) is 4.74 Å². The van der Waals surface area contributed by atoms with Crippen LogP contribution >= 0.6 is 0 Å². The molecular formula is C25H27N3O3. The van der Waals surface area contributed by atoms with Crippen LogP contribution in [-0.2, 0) is 4.79 Å². The van der Waals surface area contributed by atoms with Crippen molar-refractivity contribution in [2.75, 3.05) is 23.8 Å². The molecule has 0 fully saturated rings. The fourth-order valence-electron chi connectivity index (χ4n) is 3.09. The summed E-state index contributed by atoms with van der Waals surface area (Å²) >= 11 is 0. The van der Waals surface area contributed by atoms with Gasteiger partial charge in [0.25, 0.3) is 5.91 Å². The summed E-state index contributed by atoms with van der Waals surface area (Å²) in [4.78, 5) is 25.2. The number of anilines is 2. The Morgan fingerprint density at radius 3 is 2.26 bits per heavy atom. The summed E-state index contributed by atoms with van der Waals surface area (Å²) in [6.45, 7) is 4.63. The molecule has 0 aliphatic carbocycles. The number of para-hydroxylation sites is 1. The second-order valence-electron chi connectivity index (χ2n) is 7.02. The molecule has 1 unspecified atom stereocenters. The predicted molar refractivity (Wildman–Crippen MR) is 123 cm³/mol. The molecule has 0 saturated carbocycles. The lowest BCUT2D eigenvalue weighted by Crippen LogP contribution is -2.30. The fourth-order valence-corrected chi connectivity index (χ4v) is 3.09. The maximum Gasteiger partial charge on any atom is 0.257 e. The van der Waals surface area contributed by atoms with Gasteiger partial charge in [-0.3, -0.25) is 9.59 Å². The third kappa shape index (κ3) is 6.42. The average Bonchev–Trinajstić information content (AvgIpc) is 2.80. The highest BCUT2D eigenvalue weighted by atomic mass is 16.5. The highest BCUT2D eigenvalue weighted by Gasteiger charge is 2.14. The maximum atomic E-state index is 12.8. The normalized spacial score (nSPS) is 11.4. The van der Waals surface area contributed by atoms with Crippen LogP contribution in [-0.4, -0.2) is 25.0 Å². The van der Waals surface area contributed by atoms with Gasteiger partial charge in [0.2, 0.25) is 5.91 Å². The highest BCUT2D eigenvalue weighted by Crippen LogP contribution is 2.20. The van der Waals surface area contributed by atoms with Crippen LogP contribution in [0, 0.1) is 0 Å². The Morgan fingerprint density at radius 2 is 1.55 bits per heavy atom. The largest absolute Gasteiger partial charge is 0.494 e. The molecule has 3 rings (SSSR count). The predicted octanol–water partition coefficient (Wildman–Crippen LogP) is 4.63. The van der Waals surface area contributed by atoms with E-state index in [1.165, 1.54) is 0 Å². The summed E-state index contributed by atoms with van der Waals surface area (Å²) in [6.07, 6.45) is 0. The van der Waals surface area contributed by atoms with Crippen molar-refractivity contribution in [2.24, 2.45) is 0 Å². The highest BCUT2D eigenvalue weighted by molar-refractivity contribution is 6.10. The molecule has 160 valence electrons. The Labute approximate surface area is 182 Å². The minimum absolute atomic E-state index is 0.0325. The molecule has 0 radical (unpaired) electrons. The van der Waals surface area contributed by atoms with Gasteiger partial charge in [-0.2, -0.15) is 0 Å². The molecular weight excluding hydrogens is 390 g/mol. The van der Waals surface area contributed by atoms with Gasteiger partial charge in [0.05, 0.1) is 24.4 Å². The number of hydrogen-bond acceptors (Lipinski definition) is 4. The zero-order chi connectivity index (χ0) is 22.1. The van der Waals surface area contributed by atoms with E-state index in [-0.39, 0.29) is 24.4 Å². The molecule has 0 aromatic heterocycles. The van der Waals surface area contributed by atoms with E-state index < -0.39 is 0 Å². The summed E-state index contributed by atoms with van der Waals surface area (Å²) in [7, 11) is 0. The van der Waals surface area contributed by atoms with Crippen LogP contribution in [0.4, 0.5) is 11.4 Å². The molecule has 0 saturated heterocycles. The Balaban J connectivity index is 1.60. The minimum atomic E-state index is -0.300. The number of carbonyl (C=O) groups excluding carboxylic acids is 2. The minimum Gasteiger partial charge on any atom is -0.494 e. The first-order chi connectivity index (χ1) is 15.1. The molecule has 0 aliphatic rings. The molecule has 6 nitrogen and oxygen atoms in total. The molecule has 6 heteroatoms. The van der Waals surface area contributed by atoms with E-state index in [1.807, 2.05) is 44.2 Å². The quantitative estimate of drug-likeness (QED) is 0.474. The first-order valence-corrected chi connectivity index (χ1v) is 10.3. The van der Waals surface area contributed by atoms with Crippen molar-refractivity contribution in [1.29, 1.82) is 0 Å². The summed E-state index contributed by atoms with van der Waals surface area (Å²) in [5, 5.41) is 8.88. The summed E-state index contributed by atoms with van der Waals surface area (Å²) in [5.74, 6) is 0.222. The molecule has 3 N–H and O–H groups in total. The van der Waals surface area contributed by atoms with Crippen LogP contribution in [0.5, 0.6) is 5.75 Å². The molecule has 0 heterocycles. The number of carbonyl (C=O) groups is 2. The first-order valence-electron chi connectivity index (χ1n) is 10.3. The number of hydrogen-bond donors (Lipinski definition) is 3. The van der Waals surface area contributed by atoms with E-state index in [2.05, 4.69) is 16.0 Å². The van der Waals surface area contributed by atoms with Gasteiger partial charge in [0.1, 0.15) is 5.75 Å². The number of rotatable bonds is 9.